The lowest BCUT2D eigenvalue weighted by molar-refractivity contribution is -0.125. The fraction of sp³-hybridized carbons (Fsp3) is 0.588. The molecule has 7 nitrogen and oxygen atoms in total. The molecule has 0 radical (unpaired) electrons. The minimum Gasteiger partial charge on any atom is -0.443 e. The van der Waals surface area contributed by atoms with Crippen molar-refractivity contribution >= 4 is 22.8 Å². The predicted molar refractivity (Wildman–Crippen MR) is 91.1 cm³/mol. The van der Waals surface area contributed by atoms with E-state index in [1.54, 1.807) is 7.11 Å². The van der Waals surface area contributed by atoms with Crippen LogP contribution in [-0.4, -0.2) is 49.2 Å². The fourth-order valence-corrected chi connectivity index (χ4v) is 3.21. The molecule has 0 aromatic carbocycles. The number of aromatic nitrogens is 2. The van der Waals surface area contributed by atoms with E-state index in [2.05, 4.69) is 20.2 Å². The summed E-state index contributed by atoms with van der Waals surface area (Å²) >= 11 is 0. The minimum absolute atomic E-state index is 0.0334. The van der Waals surface area contributed by atoms with Crippen LogP contribution in [0.2, 0.25) is 0 Å². The Morgan fingerprint density at radius 3 is 3.08 bits per heavy atom. The quantitative estimate of drug-likeness (QED) is 0.841. The van der Waals surface area contributed by atoms with Gasteiger partial charge in [0.05, 0.1) is 17.9 Å². The maximum absolute atomic E-state index is 12.3. The van der Waals surface area contributed by atoms with E-state index in [4.69, 9.17) is 9.15 Å². The lowest BCUT2D eigenvalue weighted by Gasteiger charge is -2.33. The van der Waals surface area contributed by atoms with Crippen molar-refractivity contribution in [1.29, 1.82) is 0 Å². The van der Waals surface area contributed by atoms with Gasteiger partial charge in [-0.25, -0.2) is 9.97 Å². The van der Waals surface area contributed by atoms with Crippen molar-refractivity contribution in [2.75, 3.05) is 38.3 Å². The van der Waals surface area contributed by atoms with Gasteiger partial charge in [0.2, 0.25) is 11.6 Å². The molecule has 0 spiro atoms. The Hall–Kier alpha value is -2.15. The van der Waals surface area contributed by atoms with Crippen molar-refractivity contribution in [3.05, 3.63) is 17.7 Å². The smallest absolute Gasteiger partial charge is 0.231 e. The Balaban J connectivity index is 1.79. The Morgan fingerprint density at radius 2 is 2.29 bits per heavy atom. The lowest BCUT2D eigenvalue weighted by atomic mass is 9.97. The average molecular weight is 332 g/mol. The zero-order valence-corrected chi connectivity index (χ0v) is 14.5. The third-order valence-electron chi connectivity index (χ3n) is 4.64. The molecule has 1 aliphatic rings. The van der Waals surface area contributed by atoms with Gasteiger partial charge in [0, 0.05) is 32.3 Å². The van der Waals surface area contributed by atoms with Gasteiger partial charge in [-0.2, -0.15) is 0 Å². The van der Waals surface area contributed by atoms with E-state index in [0.29, 0.717) is 25.4 Å². The molecule has 2 aromatic rings. The predicted octanol–water partition coefficient (Wildman–Crippen LogP) is 1.82. The second-order valence-electron chi connectivity index (χ2n) is 6.23. The molecule has 1 unspecified atom stereocenters. The van der Waals surface area contributed by atoms with Gasteiger partial charge in [0.1, 0.15) is 17.9 Å². The highest BCUT2D eigenvalue weighted by molar-refractivity contribution is 5.90. The number of ether oxygens (including phenoxy) is 1. The molecule has 1 fully saturated rings. The van der Waals surface area contributed by atoms with Crippen LogP contribution in [0, 0.1) is 19.8 Å². The largest absolute Gasteiger partial charge is 0.443 e. The third kappa shape index (κ3) is 3.21. The van der Waals surface area contributed by atoms with E-state index >= 15 is 0 Å². The molecule has 1 saturated heterocycles. The Bertz CT molecular complexity index is 728. The van der Waals surface area contributed by atoms with Crippen LogP contribution in [0.15, 0.2) is 10.7 Å². The average Bonchev–Trinajstić information content (AvgIpc) is 2.89. The number of nitrogens with one attached hydrogen (secondary N) is 1. The number of furan rings is 1. The van der Waals surface area contributed by atoms with Gasteiger partial charge < -0.3 is 19.4 Å². The zero-order chi connectivity index (χ0) is 17.1. The summed E-state index contributed by atoms with van der Waals surface area (Å²) in [6.07, 6.45) is 3.39. The van der Waals surface area contributed by atoms with E-state index in [9.17, 15) is 4.79 Å². The third-order valence-corrected chi connectivity index (χ3v) is 4.64. The topological polar surface area (TPSA) is 80.5 Å². The molecule has 130 valence electrons. The highest BCUT2D eigenvalue weighted by Crippen LogP contribution is 2.32. The highest BCUT2D eigenvalue weighted by atomic mass is 16.5. The molecule has 3 rings (SSSR count). The van der Waals surface area contributed by atoms with E-state index in [-0.39, 0.29) is 11.8 Å². The second kappa shape index (κ2) is 7.17. The van der Waals surface area contributed by atoms with Gasteiger partial charge in [0.25, 0.3) is 0 Å². The van der Waals surface area contributed by atoms with Gasteiger partial charge >= 0.3 is 0 Å². The summed E-state index contributed by atoms with van der Waals surface area (Å²) in [7, 11) is 1.63. The Morgan fingerprint density at radius 1 is 1.46 bits per heavy atom. The van der Waals surface area contributed by atoms with Crippen LogP contribution in [0.1, 0.15) is 24.2 Å². The van der Waals surface area contributed by atoms with Crippen molar-refractivity contribution < 1.29 is 13.9 Å². The summed E-state index contributed by atoms with van der Waals surface area (Å²) in [5.74, 6) is 1.78. The molecule has 7 heteroatoms. The molecule has 1 atom stereocenters. The highest BCUT2D eigenvalue weighted by Gasteiger charge is 2.28. The second-order valence-corrected chi connectivity index (χ2v) is 6.23. The SMILES string of the molecule is COCCNC(=O)C1CCCN(c2ncnc3oc(C)c(C)c23)C1. The summed E-state index contributed by atoms with van der Waals surface area (Å²) in [4.78, 5) is 23.2. The number of piperidine rings is 1. The van der Waals surface area contributed by atoms with Gasteiger partial charge in [-0.05, 0) is 26.7 Å². The number of nitrogens with zero attached hydrogens (tertiary/aromatic N) is 3. The minimum atomic E-state index is -0.0334. The molecule has 3 heterocycles. The van der Waals surface area contributed by atoms with Crippen LogP contribution in [0.3, 0.4) is 0 Å². The van der Waals surface area contributed by atoms with E-state index in [1.807, 2.05) is 13.8 Å². The number of fused-ring (bicyclic) bond motifs is 1. The Labute approximate surface area is 141 Å². The fourth-order valence-electron chi connectivity index (χ4n) is 3.21. The number of methoxy groups -OCH3 is 1. The molecule has 1 N–H and O–H groups in total. The number of rotatable bonds is 5. The summed E-state index contributed by atoms with van der Waals surface area (Å²) < 4.78 is 10.7. The molecule has 1 aliphatic heterocycles. The number of hydrogen-bond donors (Lipinski definition) is 1. The summed E-state index contributed by atoms with van der Waals surface area (Å²) in [5.41, 5.74) is 1.67. The monoisotopic (exact) mass is 332 g/mol. The van der Waals surface area contributed by atoms with Crippen molar-refractivity contribution in [2.45, 2.75) is 26.7 Å². The standard InChI is InChI=1S/C17H24N4O3/c1-11-12(2)24-17-14(11)15(19-10-20-17)21-7-4-5-13(9-21)16(22)18-6-8-23-3/h10,13H,4-9H2,1-3H3,(H,18,22). The maximum Gasteiger partial charge on any atom is 0.231 e. The van der Waals surface area contributed by atoms with Crippen molar-refractivity contribution in [1.82, 2.24) is 15.3 Å². The number of aryl methyl sites for hydroxylation is 2. The summed E-state index contributed by atoms with van der Waals surface area (Å²) in [6.45, 7) is 6.58. The number of carbonyl (C=O) groups is 1. The van der Waals surface area contributed by atoms with Crippen LogP contribution >= 0.6 is 0 Å². The van der Waals surface area contributed by atoms with Crippen LogP contribution in [-0.2, 0) is 9.53 Å². The maximum atomic E-state index is 12.3. The molecule has 2 aromatic heterocycles. The van der Waals surface area contributed by atoms with Crippen LogP contribution in [0.5, 0.6) is 0 Å². The molecule has 0 saturated carbocycles. The first-order valence-corrected chi connectivity index (χ1v) is 8.34. The first-order chi connectivity index (χ1) is 11.6. The van der Waals surface area contributed by atoms with Gasteiger partial charge in [0.15, 0.2) is 0 Å². The molecule has 0 bridgehead atoms. The van der Waals surface area contributed by atoms with Crippen molar-refractivity contribution in [2.24, 2.45) is 5.92 Å². The van der Waals surface area contributed by atoms with Crippen LogP contribution < -0.4 is 10.2 Å². The van der Waals surface area contributed by atoms with Crippen molar-refractivity contribution in [3.8, 4) is 0 Å². The van der Waals surface area contributed by atoms with Crippen LogP contribution in [0.4, 0.5) is 5.82 Å². The van der Waals surface area contributed by atoms with E-state index in [1.165, 1.54) is 6.33 Å². The normalized spacial score (nSPS) is 18.1. The van der Waals surface area contributed by atoms with Crippen molar-refractivity contribution in [3.63, 3.8) is 0 Å². The summed E-state index contributed by atoms with van der Waals surface area (Å²) in [5, 5.41) is 3.89. The van der Waals surface area contributed by atoms with Gasteiger partial charge in [-0.15, -0.1) is 0 Å². The summed E-state index contributed by atoms with van der Waals surface area (Å²) in [6, 6.07) is 0. The number of anilines is 1. The first-order valence-electron chi connectivity index (χ1n) is 8.34. The van der Waals surface area contributed by atoms with E-state index in [0.717, 1.165) is 41.9 Å². The lowest BCUT2D eigenvalue weighted by Crippen LogP contribution is -2.44. The number of carbonyl (C=O) groups excluding carboxylic acids is 1. The molecule has 1 amide bonds. The first kappa shape index (κ1) is 16.7. The van der Waals surface area contributed by atoms with Crippen LogP contribution in [0.25, 0.3) is 11.1 Å². The number of amides is 1. The molecule has 24 heavy (non-hydrogen) atoms. The molecular weight excluding hydrogens is 308 g/mol. The molecule has 0 aliphatic carbocycles. The van der Waals surface area contributed by atoms with Gasteiger partial charge in [-0.1, -0.05) is 0 Å². The Kier molecular flexibility index (Phi) is 4.99. The zero-order valence-electron chi connectivity index (χ0n) is 14.5. The molecular formula is C17H24N4O3. The number of hydrogen-bond acceptors (Lipinski definition) is 6. The van der Waals surface area contributed by atoms with E-state index < -0.39 is 0 Å². The van der Waals surface area contributed by atoms with Gasteiger partial charge in [-0.3, -0.25) is 4.79 Å².